The third kappa shape index (κ3) is 6.13. The Bertz CT molecular complexity index is 2390. The lowest BCUT2D eigenvalue weighted by atomic mass is 9.85. The standard InChI is InChI=1S/C48H49N5/c1-46(2,3)36-24-26-41-38(29-36)39-30-37(47(4,5)6)25-27-42(39)53(41)45-40(28-35(31-49-45)32-18-12-9-13-19-32)48(7)51-43(33-20-14-10-15-21-33)50-44(52(48)8)34-22-16-11-17-23-34/h9-31,44H,1-8H3,(H,50,51). The van der Waals surface area contributed by atoms with Gasteiger partial charge in [-0.1, -0.05) is 145 Å². The van der Waals surface area contributed by atoms with Crippen LogP contribution in [0, 0.1) is 0 Å². The first-order valence-electron chi connectivity index (χ1n) is 18.7. The molecule has 1 aliphatic rings. The zero-order chi connectivity index (χ0) is 37.1. The van der Waals surface area contributed by atoms with Crippen molar-refractivity contribution >= 4 is 27.6 Å². The Labute approximate surface area is 314 Å². The molecule has 0 saturated heterocycles. The number of fused-ring (bicyclic) bond motifs is 3. The van der Waals surface area contributed by atoms with Crippen LogP contribution >= 0.6 is 0 Å². The van der Waals surface area contributed by atoms with Crippen molar-refractivity contribution in [2.24, 2.45) is 4.99 Å². The topological polar surface area (TPSA) is 45.4 Å². The number of aromatic nitrogens is 2. The second-order valence-electron chi connectivity index (χ2n) is 16.7. The lowest BCUT2D eigenvalue weighted by Gasteiger charge is -2.48. The van der Waals surface area contributed by atoms with Gasteiger partial charge in [0, 0.05) is 33.7 Å². The van der Waals surface area contributed by atoms with E-state index in [0.717, 1.165) is 50.5 Å². The molecule has 0 fully saturated rings. The summed E-state index contributed by atoms with van der Waals surface area (Å²) < 4.78 is 2.39. The number of nitrogens with one attached hydrogen (secondary N) is 1. The lowest BCUT2D eigenvalue weighted by molar-refractivity contribution is 0.0601. The van der Waals surface area contributed by atoms with E-state index in [9.17, 15) is 0 Å². The Morgan fingerprint density at radius 3 is 1.64 bits per heavy atom. The molecule has 0 bridgehead atoms. The summed E-state index contributed by atoms with van der Waals surface area (Å²) in [7, 11) is 2.17. The van der Waals surface area contributed by atoms with E-state index in [1.54, 1.807) is 0 Å². The van der Waals surface area contributed by atoms with Gasteiger partial charge in [0.15, 0.2) is 0 Å². The molecule has 8 rings (SSSR count). The minimum absolute atomic E-state index is 0.00677. The van der Waals surface area contributed by atoms with Crippen LogP contribution in [0.5, 0.6) is 0 Å². The predicted molar refractivity (Wildman–Crippen MR) is 222 cm³/mol. The lowest BCUT2D eigenvalue weighted by Crippen LogP contribution is -2.59. The molecule has 5 nitrogen and oxygen atoms in total. The van der Waals surface area contributed by atoms with Crippen LogP contribution in [0.2, 0.25) is 0 Å². The van der Waals surface area contributed by atoms with Crippen molar-refractivity contribution in [3.63, 3.8) is 0 Å². The highest BCUT2D eigenvalue weighted by atomic mass is 15.4. The van der Waals surface area contributed by atoms with Gasteiger partial charge in [-0.05, 0) is 77.4 Å². The molecule has 7 aromatic rings. The monoisotopic (exact) mass is 695 g/mol. The van der Waals surface area contributed by atoms with Gasteiger partial charge in [-0.25, -0.2) is 9.98 Å². The van der Waals surface area contributed by atoms with E-state index in [1.165, 1.54) is 21.9 Å². The summed E-state index contributed by atoms with van der Waals surface area (Å²) in [6.07, 6.45) is 1.79. The third-order valence-electron chi connectivity index (χ3n) is 11.0. The number of nitrogens with zero attached hydrogens (tertiary/aromatic N) is 4. The highest BCUT2D eigenvalue weighted by Crippen LogP contribution is 2.43. The summed E-state index contributed by atoms with van der Waals surface area (Å²) in [4.78, 5) is 13.2. The Hall–Kier alpha value is -5.52. The molecule has 5 heteroatoms. The molecule has 266 valence electrons. The van der Waals surface area contributed by atoms with E-state index in [-0.39, 0.29) is 17.0 Å². The van der Waals surface area contributed by atoms with Crippen LogP contribution in [0.25, 0.3) is 38.8 Å². The molecule has 53 heavy (non-hydrogen) atoms. The molecule has 1 N–H and O–H groups in total. The minimum atomic E-state index is -0.736. The maximum Gasteiger partial charge on any atom is 0.144 e. The van der Waals surface area contributed by atoms with Crippen LogP contribution in [0.1, 0.15) is 82.4 Å². The van der Waals surface area contributed by atoms with E-state index in [0.29, 0.717) is 0 Å². The van der Waals surface area contributed by atoms with Crippen molar-refractivity contribution in [2.45, 2.75) is 71.1 Å². The van der Waals surface area contributed by atoms with Crippen molar-refractivity contribution in [3.05, 3.63) is 167 Å². The van der Waals surface area contributed by atoms with E-state index >= 15 is 0 Å². The van der Waals surface area contributed by atoms with Crippen LogP contribution in [0.4, 0.5) is 0 Å². The van der Waals surface area contributed by atoms with Gasteiger partial charge >= 0.3 is 0 Å². The first-order chi connectivity index (χ1) is 25.3. The summed E-state index contributed by atoms with van der Waals surface area (Å²) in [5.74, 6) is 1.74. The second kappa shape index (κ2) is 12.9. The van der Waals surface area contributed by atoms with E-state index < -0.39 is 5.66 Å². The van der Waals surface area contributed by atoms with Gasteiger partial charge in [0.2, 0.25) is 0 Å². The van der Waals surface area contributed by atoms with E-state index in [2.05, 4.69) is 204 Å². The molecular weight excluding hydrogens is 647 g/mol. The van der Waals surface area contributed by atoms with Crippen molar-refractivity contribution in [3.8, 4) is 16.9 Å². The molecule has 0 spiro atoms. The zero-order valence-corrected chi connectivity index (χ0v) is 32.1. The quantitative estimate of drug-likeness (QED) is 0.195. The Morgan fingerprint density at radius 1 is 0.604 bits per heavy atom. The molecule has 1 aliphatic heterocycles. The number of amidine groups is 1. The van der Waals surface area contributed by atoms with Gasteiger partial charge in [0.25, 0.3) is 0 Å². The Balaban J connectivity index is 1.44. The normalized spacial score (nSPS) is 18.3. The summed E-state index contributed by atoms with van der Waals surface area (Å²) in [6.45, 7) is 16.0. The number of rotatable bonds is 5. The van der Waals surface area contributed by atoms with Crippen molar-refractivity contribution in [1.82, 2.24) is 19.8 Å². The summed E-state index contributed by atoms with van der Waals surface area (Å²) in [6, 6.07) is 47.9. The number of hydrogen-bond donors (Lipinski definition) is 1. The van der Waals surface area contributed by atoms with Gasteiger partial charge in [-0.3, -0.25) is 9.47 Å². The maximum atomic E-state index is 5.45. The van der Waals surface area contributed by atoms with Gasteiger partial charge < -0.3 is 5.32 Å². The average molecular weight is 696 g/mol. The van der Waals surface area contributed by atoms with E-state index in [1.807, 2.05) is 6.20 Å². The van der Waals surface area contributed by atoms with Crippen LogP contribution < -0.4 is 5.32 Å². The first-order valence-corrected chi connectivity index (χ1v) is 18.7. The smallest absolute Gasteiger partial charge is 0.144 e. The number of pyridine rings is 1. The molecular formula is C48H49N5. The predicted octanol–water partition coefficient (Wildman–Crippen LogP) is 11.3. The average Bonchev–Trinajstić information content (AvgIpc) is 3.49. The number of benzene rings is 5. The fourth-order valence-corrected chi connectivity index (χ4v) is 7.69. The molecule has 2 aromatic heterocycles. The van der Waals surface area contributed by atoms with Crippen molar-refractivity contribution in [2.75, 3.05) is 7.05 Å². The number of aliphatic imine (C=N–C) groups is 1. The summed E-state index contributed by atoms with van der Waals surface area (Å²) >= 11 is 0. The second-order valence-corrected chi connectivity index (χ2v) is 16.7. The minimum Gasteiger partial charge on any atom is -0.348 e. The molecule has 0 saturated carbocycles. The first kappa shape index (κ1) is 34.6. The fraction of sp³-hybridized carbons (Fsp3) is 0.250. The van der Waals surface area contributed by atoms with Gasteiger partial charge in [-0.15, -0.1) is 0 Å². The molecule has 0 amide bonds. The third-order valence-corrected chi connectivity index (χ3v) is 11.0. The van der Waals surface area contributed by atoms with Crippen LogP contribution in [-0.4, -0.2) is 27.3 Å². The zero-order valence-electron chi connectivity index (χ0n) is 32.1. The van der Waals surface area contributed by atoms with Crippen molar-refractivity contribution < 1.29 is 0 Å². The van der Waals surface area contributed by atoms with Crippen LogP contribution in [0.15, 0.2) is 145 Å². The molecule has 2 atom stereocenters. The van der Waals surface area contributed by atoms with E-state index in [4.69, 9.17) is 9.98 Å². The molecule has 5 aromatic carbocycles. The van der Waals surface area contributed by atoms with Crippen LogP contribution in [-0.2, 0) is 16.5 Å². The molecule has 3 heterocycles. The highest BCUT2D eigenvalue weighted by Gasteiger charge is 2.43. The van der Waals surface area contributed by atoms with Crippen LogP contribution in [0.3, 0.4) is 0 Å². The highest BCUT2D eigenvalue weighted by molar-refractivity contribution is 6.10. The molecule has 2 unspecified atom stereocenters. The Kier molecular flexibility index (Phi) is 8.38. The van der Waals surface area contributed by atoms with Gasteiger partial charge in [0.05, 0.1) is 11.0 Å². The molecule has 0 aliphatic carbocycles. The fourth-order valence-electron chi connectivity index (χ4n) is 7.69. The Morgan fingerprint density at radius 2 is 1.11 bits per heavy atom. The largest absolute Gasteiger partial charge is 0.348 e. The summed E-state index contributed by atoms with van der Waals surface area (Å²) in [5, 5.41) is 6.45. The molecule has 0 radical (unpaired) electrons. The van der Waals surface area contributed by atoms with Gasteiger partial charge in [0.1, 0.15) is 23.5 Å². The van der Waals surface area contributed by atoms with Gasteiger partial charge in [-0.2, -0.15) is 0 Å². The maximum absolute atomic E-state index is 5.45. The SMILES string of the molecule is CN1C(c2ccccc2)N=C(c2ccccc2)NC1(C)c1cc(-c2ccccc2)cnc1-n1c2ccc(C(C)(C)C)cc2c2cc(C(C)(C)C)ccc21. The summed E-state index contributed by atoms with van der Waals surface area (Å²) in [5.41, 5.74) is 9.60. The number of hydrogen-bond acceptors (Lipinski definition) is 4. The van der Waals surface area contributed by atoms with Crippen molar-refractivity contribution in [1.29, 1.82) is 0 Å².